The molecule has 0 fully saturated rings. The molecule has 0 amide bonds. The minimum Gasteiger partial charge on any atom is -0.490 e. The van der Waals surface area contributed by atoms with Gasteiger partial charge >= 0.3 is 5.97 Å². The molecule has 2 aromatic carbocycles. The number of hydrogen-bond acceptors (Lipinski definition) is 3. The van der Waals surface area contributed by atoms with Gasteiger partial charge in [-0.2, -0.15) is 0 Å². The fourth-order valence-corrected chi connectivity index (χ4v) is 4.42. The van der Waals surface area contributed by atoms with Crippen LogP contribution in [0.15, 0.2) is 54.6 Å². The maximum absolute atomic E-state index is 12.4. The third-order valence-electron chi connectivity index (χ3n) is 6.40. The van der Waals surface area contributed by atoms with Crippen LogP contribution in [0.4, 0.5) is 0 Å². The van der Waals surface area contributed by atoms with E-state index in [-0.39, 0.29) is 12.1 Å². The summed E-state index contributed by atoms with van der Waals surface area (Å²) in [5.41, 5.74) is 2.50. The SMILES string of the molecule is CCCCCCCCCCc1ccccc1OC(C)CCOC(=O)C[N+](C)(C)Cc1ccccc1. The lowest BCUT2D eigenvalue weighted by Gasteiger charge is -2.28. The van der Waals surface area contributed by atoms with E-state index in [1.54, 1.807) is 0 Å². The summed E-state index contributed by atoms with van der Waals surface area (Å²) in [5.74, 6) is 0.808. The Morgan fingerprint density at radius 3 is 2.20 bits per heavy atom. The van der Waals surface area contributed by atoms with E-state index in [0.717, 1.165) is 18.7 Å². The van der Waals surface area contributed by atoms with Crippen molar-refractivity contribution < 1.29 is 18.8 Å². The number of para-hydroxylation sites is 1. The third-order valence-corrected chi connectivity index (χ3v) is 6.40. The van der Waals surface area contributed by atoms with Crippen molar-refractivity contribution in [2.45, 2.75) is 90.7 Å². The second kappa shape index (κ2) is 16.4. The number of rotatable bonds is 18. The van der Waals surface area contributed by atoms with Crippen molar-refractivity contribution in [3.63, 3.8) is 0 Å². The molecule has 0 N–H and O–H groups in total. The van der Waals surface area contributed by atoms with Crippen LogP contribution in [0.2, 0.25) is 0 Å². The van der Waals surface area contributed by atoms with Crippen molar-refractivity contribution >= 4 is 5.97 Å². The first-order valence-electron chi connectivity index (χ1n) is 13.7. The largest absolute Gasteiger partial charge is 0.490 e. The molecule has 0 radical (unpaired) electrons. The molecular formula is C31H48NO3+. The molecule has 0 aliphatic carbocycles. The second-order valence-electron chi connectivity index (χ2n) is 10.5. The van der Waals surface area contributed by atoms with E-state index in [4.69, 9.17) is 9.47 Å². The molecule has 0 aliphatic rings. The maximum atomic E-state index is 12.4. The average Bonchev–Trinajstić information content (AvgIpc) is 2.81. The van der Waals surface area contributed by atoms with Gasteiger partial charge in [-0.3, -0.25) is 0 Å². The predicted octanol–water partition coefficient (Wildman–Crippen LogP) is 7.35. The molecule has 2 rings (SSSR count). The minimum absolute atomic E-state index is 0.00525. The molecule has 0 heterocycles. The summed E-state index contributed by atoms with van der Waals surface area (Å²) in [4.78, 5) is 12.4. The molecule has 1 atom stereocenters. The predicted molar refractivity (Wildman–Crippen MR) is 146 cm³/mol. The summed E-state index contributed by atoms with van der Waals surface area (Å²) < 4.78 is 12.4. The normalized spacial score (nSPS) is 12.3. The van der Waals surface area contributed by atoms with Crippen molar-refractivity contribution in [3.05, 3.63) is 65.7 Å². The monoisotopic (exact) mass is 482 g/mol. The van der Waals surface area contributed by atoms with Crippen LogP contribution in [0.3, 0.4) is 0 Å². The lowest BCUT2D eigenvalue weighted by atomic mass is 10.0. The standard InChI is InChI=1S/C31H48NO3/c1-5-6-7-8-9-10-11-15-20-29-21-16-17-22-30(29)35-27(2)23-24-34-31(33)26-32(3,4)25-28-18-13-12-14-19-28/h12-14,16-19,21-22,27H,5-11,15,20,23-26H2,1-4H3/q+1. The summed E-state index contributed by atoms with van der Waals surface area (Å²) in [6.07, 6.45) is 12.3. The van der Waals surface area contributed by atoms with Crippen molar-refractivity contribution in [1.82, 2.24) is 0 Å². The van der Waals surface area contributed by atoms with Gasteiger partial charge in [0.2, 0.25) is 0 Å². The van der Waals surface area contributed by atoms with Gasteiger partial charge in [0, 0.05) is 12.0 Å². The van der Waals surface area contributed by atoms with Crippen LogP contribution in [0.25, 0.3) is 0 Å². The highest BCUT2D eigenvalue weighted by Crippen LogP contribution is 2.23. The van der Waals surface area contributed by atoms with Gasteiger partial charge in [0.05, 0.1) is 26.8 Å². The van der Waals surface area contributed by atoms with Gasteiger partial charge in [0.25, 0.3) is 0 Å². The van der Waals surface area contributed by atoms with Crippen molar-refractivity contribution in [2.24, 2.45) is 0 Å². The Labute approximate surface area is 214 Å². The summed E-state index contributed by atoms with van der Waals surface area (Å²) in [6, 6.07) is 18.6. The molecule has 4 heteroatoms. The fraction of sp³-hybridized carbons (Fsp3) is 0.581. The first kappa shape index (κ1) is 28.9. The van der Waals surface area contributed by atoms with Gasteiger partial charge in [-0.25, -0.2) is 4.79 Å². The summed E-state index contributed by atoms with van der Waals surface area (Å²) in [6.45, 7) is 5.85. The minimum atomic E-state index is -0.159. The highest BCUT2D eigenvalue weighted by Gasteiger charge is 2.22. The lowest BCUT2D eigenvalue weighted by Crippen LogP contribution is -2.43. The van der Waals surface area contributed by atoms with E-state index in [0.29, 0.717) is 24.1 Å². The number of aryl methyl sites for hydroxylation is 1. The van der Waals surface area contributed by atoms with Crippen molar-refractivity contribution in [1.29, 1.82) is 0 Å². The Morgan fingerprint density at radius 1 is 0.857 bits per heavy atom. The van der Waals surface area contributed by atoms with E-state index < -0.39 is 0 Å². The van der Waals surface area contributed by atoms with E-state index in [1.165, 1.54) is 62.5 Å². The zero-order valence-electron chi connectivity index (χ0n) is 22.6. The number of nitrogens with zero attached hydrogens (tertiary/aromatic N) is 1. The third kappa shape index (κ3) is 12.8. The second-order valence-corrected chi connectivity index (χ2v) is 10.5. The van der Waals surface area contributed by atoms with Crippen LogP contribution < -0.4 is 4.74 Å². The fourth-order valence-electron chi connectivity index (χ4n) is 4.42. The lowest BCUT2D eigenvalue weighted by molar-refractivity contribution is -0.896. The van der Waals surface area contributed by atoms with Gasteiger partial charge in [-0.15, -0.1) is 0 Å². The molecule has 0 bridgehead atoms. The highest BCUT2D eigenvalue weighted by atomic mass is 16.5. The van der Waals surface area contributed by atoms with Crippen molar-refractivity contribution in [3.8, 4) is 5.75 Å². The summed E-state index contributed by atoms with van der Waals surface area (Å²) in [7, 11) is 4.12. The molecule has 1 unspecified atom stereocenters. The summed E-state index contributed by atoms with van der Waals surface area (Å²) in [5, 5.41) is 0. The average molecular weight is 483 g/mol. The highest BCUT2D eigenvalue weighted by molar-refractivity contribution is 5.70. The number of benzene rings is 2. The first-order valence-corrected chi connectivity index (χ1v) is 13.7. The molecule has 4 nitrogen and oxygen atoms in total. The number of unbranched alkanes of at least 4 members (excludes halogenated alkanes) is 7. The Balaban J connectivity index is 1.66. The van der Waals surface area contributed by atoms with Crippen LogP contribution in [0.5, 0.6) is 5.75 Å². The molecular weight excluding hydrogens is 434 g/mol. The number of quaternary nitrogens is 1. The number of carbonyl (C=O) groups excluding carboxylic acids is 1. The number of ether oxygens (including phenoxy) is 2. The van der Waals surface area contributed by atoms with E-state index >= 15 is 0 Å². The number of carbonyl (C=O) groups is 1. The van der Waals surface area contributed by atoms with Crippen LogP contribution in [0, 0.1) is 0 Å². The Kier molecular flexibility index (Phi) is 13.5. The van der Waals surface area contributed by atoms with E-state index in [2.05, 4.69) is 58.3 Å². The van der Waals surface area contributed by atoms with Gasteiger partial charge in [0.1, 0.15) is 12.3 Å². The zero-order chi connectivity index (χ0) is 25.4. The first-order chi connectivity index (χ1) is 16.9. The molecule has 0 saturated heterocycles. The van der Waals surface area contributed by atoms with Gasteiger partial charge in [-0.05, 0) is 31.4 Å². The number of likely N-dealkylation sites (N-methyl/N-ethyl adjacent to an activating group) is 1. The smallest absolute Gasteiger partial charge is 0.361 e. The molecule has 0 saturated carbocycles. The Hall–Kier alpha value is -2.33. The van der Waals surface area contributed by atoms with E-state index in [1.807, 2.05) is 24.3 Å². The van der Waals surface area contributed by atoms with Crippen molar-refractivity contribution in [2.75, 3.05) is 27.2 Å². The molecule has 35 heavy (non-hydrogen) atoms. The molecule has 2 aromatic rings. The van der Waals surface area contributed by atoms with Gasteiger partial charge < -0.3 is 14.0 Å². The number of hydrogen-bond donors (Lipinski definition) is 0. The quantitative estimate of drug-likeness (QED) is 0.127. The van der Waals surface area contributed by atoms with Crippen LogP contribution in [0.1, 0.15) is 82.8 Å². The Bertz CT molecular complexity index is 834. The number of esters is 1. The molecule has 194 valence electrons. The zero-order valence-corrected chi connectivity index (χ0v) is 22.6. The summed E-state index contributed by atoms with van der Waals surface area (Å²) >= 11 is 0. The van der Waals surface area contributed by atoms with Gasteiger partial charge in [0.15, 0.2) is 6.54 Å². The molecule has 0 aliphatic heterocycles. The van der Waals surface area contributed by atoms with Crippen LogP contribution >= 0.6 is 0 Å². The topological polar surface area (TPSA) is 35.5 Å². The van der Waals surface area contributed by atoms with Gasteiger partial charge in [-0.1, -0.05) is 100 Å². The molecule has 0 aromatic heterocycles. The van der Waals surface area contributed by atoms with Crippen LogP contribution in [-0.4, -0.2) is 43.8 Å². The van der Waals surface area contributed by atoms with Crippen LogP contribution in [-0.2, 0) is 22.5 Å². The van der Waals surface area contributed by atoms with E-state index in [9.17, 15) is 4.79 Å². The maximum Gasteiger partial charge on any atom is 0.361 e. The Morgan fingerprint density at radius 2 is 1.49 bits per heavy atom. The molecule has 0 spiro atoms.